The third kappa shape index (κ3) is 6.97. The van der Waals surface area contributed by atoms with E-state index in [9.17, 15) is 9.59 Å². The highest BCUT2D eigenvalue weighted by atomic mass is 16.5. The van der Waals surface area contributed by atoms with Crippen LogP contribution < -0.4 is 15.4 Å². The van der Waals surface area contributed by atoms with Crippen LogP contribution in [0, 0.1) is 23.7 Å². The van der Waals surface area contributed by atoms with Gasteiger partial charge in [-0.2, -0.15) is 0 Å². The summed E-state index contributed by atoms with van der Waals surface area (Å²) in [6.07, 6.45) is 3.87. The molecule has 7 heteroatoms. The summed E-state index contributed by atoms with van der Waals surface area (Å²) in [6, 6.07) is 7.11. The van der Waals surface area contributed by atoms with E-state index in [1.165, 1.54) is 5.57 Å². The number of methoxy groups -OCH3 is 1. The molecule has 3 atom stereocenters. The Kier molecular flexibility index (Phi) is 8.78. The van der Waals surface area contributed by atoms with Crippen LogP contribution in [0.1, 0.15) is 33.6 Å². The molecule has 3 amide bonds. The number of rotatable bonds is 7. The maximum atomic E-state index is 12.9. The molecular formula is C26H40N4O3. The van der Waals surface area contributed by atoms with Crippen molar-refractivity contribution in [2.75, 3.05) is 52.2 Å². The second-order valence-corrected chi connectivity index (χ2v) is 9.87. The normalized spacial score (nSPS) is 23.8. The van der Waals surface area contributed by atoms with Crippen LogP contribution in [0.15, 0.2) is 35.9 Å². The monoisotopic (exact) mass is 456 g/mol. The maximum absolute atomic E-state index is 12.9. The number of hydrogen-bond acceptors (Lipinski definition) is 4. The molecule has 0 aromatic heterocycles. The number of benzene rings is 1. The zero-order valence-corrected chi connectivity index (χ0v) is 20.8. The first-order valence-electron chi connectivity index (χ1n) is 12.1. The van der Waals surface area contributed by atoms with Crippen molar-refractivity contribution in [3.05, 3.63) is 35.9 Å². The summed E-state index contributed by atoms with van der Waals surface area (Å²) < 4.78 is 5.22. The number of likely N-dealkylation sites (N-methyl/N-ethyl adjacent to an activating group) is 1. The zero-order chi connectivity index (χ0) is 24.0. The van der Waals surface area contributed by atoms with Gasteiger partial charge in [0.25, 0.3) is 0 Å². The van der Waals surface area contributed by atoms with E-state index in [4.69, 9.17) is 4.74 Å². The summed E-state index contributed by atoms with van der Waals surface area (Å²) in [5.74, 6) is 2.43. The lowest BCUT2D eigenvalue weighted by atomic mass is 9.69. The Bertz CT molecular complexity index is 846. The first-order valence-corrected chi connectivity index (χ1v) is 12.1. The smallest absolute Gasteiger partial charge is 0.319 e. The van der Waals surface area contributed by atoms with Crippen molar-refractivity contribution in [3.63, 3.8) is 0 Å². The first kappa shape index (κ1) is 25.1. The number of nitrogens with one attached hydrogen (secondary N) is 2. The van der Waals surface area contributed by atoms with Gasteiger partial charge in [-0.3, -0.25) is 4.79 Å². The number of ether oxygens (including phenoxy) is 1. The highest BCUT2D eigenvalue weighted by Crippen LogP contribution is 2.39. The van der Waals surface area contributed by atoms with Gasteiger partial charge < -0.3 is 25.2 Å². The van der Waals surface area contributed by atoms with E-state index in [0.717, 1.165) is 32.6 Å². The van der Waals surface area contributed by atoms with Crippen LogP contribution in [0.4, 0.5) is 10.5 Å². The number of hydrogen-bond donors (Lipinski definition) is 2. The molecule has 0 spiro atoms. The predicted octanol–water partition coefficient (Wildman–Crippen LogP) is 3.84. The third-order valence-electron chi connectivity index (χ3n) is 7.19. The van der Waals surface area contributed by atoms with E-state index in [1.807, 2.05) is 23.1 Å². The molecule has 0 saturated carbocycles. The summed E-state index contributed by atoms with van der Waals surface area (Å²) in [4.78, 5) is 29.7. The lowest BCUT2D eigenvalue weighted by molar-refractivity contribution is -0.133. The molecule has 2 N–H and O–H groups in total. The minimum atomic E-state index is -0.218. The molecule has 1 fully saturated rings. The number of anilines is 1. The van der Waals surface area contributed by atoms with Crippen LogP contribution >= 0.6 is 0 Å². The summed E-state index contributed by atoms with van der Waals surface area (Å²) in [7, 11) is 3.71. The van der Waals surface area contributed by atoms with E-state index in [0.29, 0.717) is 36.2 Å². The number of carbonyl (C=O) groups excluding carboxylic acids is 2. The number of amides is 3. The van der Waals surface area contributed by atoms with Gasteiger partial charge in [0, 0.05) is 50.9 Å². The van der Waals surface area contributed by atoms with E-state index in [-0.39, 0.29) is 23.8 Å². The average molecular weight is 457 g/mol. The number of allylic oxidation sites excluding steroid dienone is 1. The number of carbonyl (C=O) groups is 2. The average Bonchev–Trinajstić information content (AvgIpc) is 2.79. The molecule has 3 rings (SSSR count). The first-order chi connectivity index (χ1) is 15.8. The van der Waals surface area contributed by atoms with Crippen molar-refractivity contribution in [1.29, 1.82) is 0 Å². The third-order valence-corrected chi connectivity index (χ3v) is 7.19. The van der Waals surface area contributed by atoms with Crippen molar-refractivity contribution in [1.82, 2.24) is 15.1 Å². The van der Waals surface area contributed by atoms with Gasteiger partial charge in [-0.05, 0) is 56.2 Å². The number of piperazine rings is 1. The molecule has 33 heavy (non-hydrogen) atoms. The second-order valence-electron chi connectivity index (χ2n) is 9.87. The molecule has 0 bridgehead atoms. The maximum Gasteiger partial charge on any atom is 0.319 e. The van der Waals surface area contributed by atoms with Crippen LogP contribution in [0.25, 0.3) is 0 Å². The van der Waals surface area contributed by atoms with Crippen molar-refractivity contribution in [2.45, 2.75) is 33.6 Å². The molecule has 1 aromatic rings. The van der Waals surface area contributed by atoms with Gasteiger partial charge in [0.15, 0.2) is 0 Å². The highest BCUT2D eigenvalue weighted by molar-refractivity contribution is 5.89. The largest absolute Gasteiger partial charge is 0.497 e. The molecule has 182 valence electrons. The molecule has 7 nitrogen and oxygen atoms in total. The van der Waals surface area contributed by atoms with Gasteiger partial charge in [0.1, 0.15) is 5.75 Å². The van der Waals surface area contributed by atoms with Gasteiger partial charge in [0.05, 0.1) is 7.11 Å². The molecule has 0 radical (unpaired) electrons. The molecule has 1 aromatic carbocycles. The standard InChI is InChI=1S/C26H40N4O3/c1-18(2)24-14-20(15-25(31)30-11-9-29(4)10-12-30)19(3)13-21(24)17-27-26(32)28-22-7-6-8-23(16-22)33-5/h6-8,13,16,18,20-21,24H,9-12,14-15,17H2,1-5H3,(H2,27,28,32)/t20-,21-,24-/m0/s1. The topological polar surface area (TPSA) is 73.9 Å². The van der Waals surface area contributed by atoms with Gasteiger partial charge in [-0.1, -0.05) is 31.6 Å². The van der Waals surface area contributed by atoms with Gasteiger partial charge >= 0.3 is 6.03 Å². The summed E-state index contributed by atoms with van der Waals surface area (Å²) >= 11 is 0. The Hall–Kier alpha value is -2.54. The summed E-state index contributed by atoms with van der Waals surface area (Å²) in [6.45, 7) is 10.7. The Morgan fingerprint density at radius 1 is 1.18 bits per heavy atom. The fourth-order valence-electron chi connectivity index (χ4n) is 4.99. The van der Waals surface area contributed by atoms with Crippen LogP contribution in [0.2, 0.25) is 0 Å². The van der Waals surface area contributed by atoms with Crippen LogP contribution in [0.5, 0.6) is 5.75 Å². The molecule has 1 aliphatic heterocycles. The summed E-state index contributed by atoms with van der Waals surface area (Å²) in [5.41, 5.74) is 1.97. The Labute approximate surface area is 198 Å². The minimum absolute atomic E-state index is 0.218. The Morgan fingerprint density at radius 3 is 2.58 bits per heavy atom. The van der Waals surface area contributed by atoms with E-state index >= 15 is 0 Å². The second kappa shape index (κ2) is 11.5. The van der Waals surface area contributed by atoms with Crippen LogP contribution in [-0.4, -0.2) is 68.6 Å². The molecule has 1 saturated heterocycles. The number of urea groups is 1. The molecule has 2 aliphatic rings. The van der Waals surface area contributed by atoms with E-state index < -0.39 is 0 Å². The number of nitrogens with zero attached hydrogens (tertiary/aromatic N) is 2. The highest BCUT2D eigenvalue weighted by Gasteiger charge is 2.33. The Balaban J connectivity index is 1.57. The lowest BCUT2D eigenvalue weighted by Gasteiger charge is -2.38. The van der Waals surface area contributed by atoms with Gasteiger partial charge in [-0.25, -0.2) is 4.79 Å². The predicted molar refractivity (Wildman–Crippen MR) is 132 cm³/mol. The zero-order valence-electron chi connectivity index (χ0n) is 20.8. The fraction of sp³-hybridized carbons (Fsp3) is 0.615. The fourth-order valence-corrected chi connectivity index (χ4v) is 4.99. The SMILES string of the molecule is COc1cccc(NC(=O)NC[C@@H]2C=C(C)[C@H](CC(=O)N3CCN(C)CC3)C[C@H]2C(C)C)c1. The summed E-state index contributed by atoms with van der Waals surface area (Å²) in [5, 5.41) is 5.92. The van der Waals surface area contributed by atoms with Crippen LogP contribution in [0.3, 0.4) is 0 Å². The minimum Gasteiger partial charge on any atom is -0.497 e. The molecule has 1 heterocycles. The lowest BCUT2D eigenvalue weighted by Crippen LogP contribution is -2.47. The molecular weight excluding hydrogens is 416 g/mol. The van der Waals surface area contributed by atoms with Crippen molar-refractivity contribution in [2.24, 2.45) is 23.7 Å². The quantitative estimate of drug-likeness (QED) is 0.612. The van der Waals surface area contributed by atoms with E-state index in [2.05, 4.69) is 49.4 Å². The molecule has 0 unspecified atom stereocenters. The van der Waals surface area contributed by atoms with Crippen molar-refractivity contribution in [3.8, 4) is 5.75 Å². The van der Waals surface area contributed by atoms with Gasteiger partial charge in [-0.15, -0.1) is 0 Å². The van der Waals surface area contributed by atoms with Gasteiger partial charge in [0.2, 0.25) is 5.91 Å². The molecule has 1 aliphatic carbocycles. The van der Waals surface area contributed by atoms with Crippen molar-refractivity contribution >= 4 is 17.6 Å². The van der Waals surface area contributed by atoms with Crippen molar-refractivity contribution < 1.29 is 14.3 Å². The Morgan fingerprint density at radius 2 is 1.91 bits per heavy atom. The van der Waals surface area contributed by atoms with E-state index in [1.54, 1.807) is 13.2 Å². The van der Waals surface area contributed by atoms with Crippen LogP contribution in [-0.2, 0) is 4.79 Å².